The van der Waals surface area contributed by atoms with Crippen molar-refractivity contribution in [1.82, 2.24) is 9.78 Å². The first-order chi connectivity index (χ1) is 6.68. The van der Waals surface area contributed by atoms with Gasteiger partial charge in [0.2, 0.25) is 0 Å². The largest absolute Gasteiger partial charge is 0.324 e. The number of rotatable bonds is 2. The molecule has 78 valence electrons. The van der Waals surface area contributed by atoms with Gasteiger partial charge in [-0.1, -0.05) is 0 Å². The first kappa shape index (κ1) is 10.1. The number of aryl methyl sites for hydroxylation is 2. The first-order valence-corrected chi connectivity index (χ1v) is 6.17. The molecular weight excluding hydrogens is 194 g/mol. The quantitative estimate of drug-likeness (QED) is 0.806. The fourth-order valence-electron chi connectivity index (χ4n) is 2.04. The molecule has 0 aliphatic carbocycles. The van der Waals surface area contributed by atoms with Gasteiger partial charge in [-0.15, -0.1) is 0 Å². The van der Waals surface area contributed by atoms with E-state index < -0.39 is 0 Å². The van der Waals surface area contributed by atoms with E-state index in [9.17, 15) is 0 Å². The van der Waals surface area contributed by atoms with E-state index in [4.69, 9.17) is 5.73 Å². The van der Waals surface area contributed by atoms with Crippen LogP contribution in [0.3, 0.4) is 0 Å². The molecule has 2 N–H and O–H groups in total. The summed E-state index contributed by atoms with van der Waals surface area (Å²) in [5.74, 6) is 3.11. The van der Waals surface area contributed by atoms with Crippen LogP contribution in [0.1, 0.15) is 23.7 Å². The molecule has 3 nitrogen and oxygen atoms in total. The fraction of sp³-hybridized carbons (Fsp3) is 0.700. The highest BCUT2D eigenvalue weighted by molar-refractivity contribution is 7.99. The van der Waals surface area contributed by atoms with Crippen LogP contribution in [0.4, 0.5) is 0 Å². The maximum absolute atomic E-state index is 6.25. The SMILES string of the molecule is Cc1nn(C)cc1C(N)C1CCSC1. The van der Waals surface area contributed by atoms with E-state index in [2.05, 4.69) is 11.3 Å². The van der Waals surface area contributed by atoms with Gasteiger partial charge in [-0.25, -0.2) is 0 Å². The molecule has 2 rings (SSSR count). The summed E-state index contributed by atoms with van der Waals surface area (Å²) in [6, 6.07) is 0.179. The van der Waals surface area contributed by atoms with Crippen molar-refractivity contribution in [2.24, 2.45) is 18.7 Å². The Labute approximate surface area is 89.1 Å². The molecule has 0 amide bonds. The molecule has 0 saturated carbocycles. The third-order valence-electron chi connectivity index (χ3n) is 2.88. The van der Waals surface area contributed by atoms with Crippen molar-refractivity contribution in [3.05, 3.63) is 17.5 Å². The van der Waals surface area contributed by atoms with Crippen LogP contribution in [0.5, 0.6) is 0 Å². The second kappa shape index (κ2) is 3.95. The maximum Gasteiger partial charge on any atom is 0.0641 e. The number of hydrogen-bond acceptors (Lipinski definition) is 3. The van der Waals surface area contributed by atoms with Gasteiger partial charge in [0.25, 0.3) is 0 Å². The van der Waals surface area contributed by atoms with Gasteiger partial charge in [0.05, 0.1) is 5.69 Å². The molecule has 14 heavy (non-hydrogen) atoms. The van der Waals surface area contributed by atoms with Gasteiger partial charge in [-0.05, 0) is 30.8 Å². The molecule has 1 saturated heterocycles. The minimum Gasteiger partial charge on any atom is -0.324 e. The minimum atomic E-state index is 0.179. The summed E-state index contributed by atoms with van der Waals surface area (Å²) in [5, 5.41) is 4.33. The summed E-state index contributed by atoms with van der Waals surface area (Å²) in [6.07, 6.45) is 3.31. The van der Waals surface area contributed by atoms with E-state index in [0.717, 1.165) is 5.69 Å². The zero-order valence-electron chi connectivity index (χ0n) is 8.73. The Morgan fingerprint density at radius 1 is 1.71 bits per heavy atom. The Hall–Kier alpha value is -0.480. The van der Waals surface area contributed by atoms with E-state index >= 15 is 0 Å². The van der Waals surface area contributed by atoms with Gasteiger partial charge in [0, 0.05) is 24.8 Å². The molecule has 1 aliphatic rings. The lowest BCUT2D eigenvalue weighted by Gasteiger charge is -2.17. The van der Waals surface area contributed by atoms with E-state index in [-0.39, 0.29) is 6.04 Å². The first-order valence-electron chi connectivity index (χ1n) is 5.02. The molecule has 0 aromatic carbocycles. The Morgan fingerprint density at radius 3 is 3.00 bits per heavy atom. The Kier molecular flexibility index (Phi) is 2.83. The standard InChI is InChI=1S/C10H17N3S/c1-7-9(5-13(2)12-7)10(11)8-3-4-14-6-8/h5,8,10H,3-4,6,11H2,1-2H3. The monoisotopic (exact) mass is 211 g/mol. The van der Waals surface area contributed by atoms with Gasteiger partial charge in [-0.2, -0.15) is 16.9 Å². The summed E-state index contributed by atoms with van der Waals surface area (Å²) in [4.78, 5) is 0. The van der Waals surface area contributed by atoms with Gasteiger partial charge in [-0.3, -0.25) is 4.68 Å². The van der Waals surface area contributed by atoms with Crippen LogP contribution in [-0.4, -0.2) is 21.3 Å². The topological polar surface area (TPSA) is 43.8 Å². The van der Waals surface area contributed by atoms with Crippen molar-refractivity contribution in [2.75, 3.05) is 11.5 Å². The summed E-state index contributed by atoms with van der Waals surface area (Å²) in [6.45, 7) is 2.04. The van der Waals surface area contributed by atoms with E-state index in [0.29, 0.717) is 5.92 Å². The summed E-state index contributed by atoms with van der Waals surface area (Å²) < 4.78 is 1.85. The van der Waals surface area contributed by atoms with Crippen LogP contribution < -0.4 is 5.73 Å². The van der Waals surface area contributed by atoms with E-state index in [1.165, 1.54) is 23.5 Å². The second-order valence-corrected chi connectivity index (χ2v) is 5.14. The lowest BCUT2D eigenvalue weighted by molar-refractivity contribution is 0.480. The molecule has 1 aromatic rings. The Morgan fingerprint density at radius 2 is 2.50 bits per heavy atom. The van der Waals surface area contributed by atoms with Crippen LogP contribution in [0.25, 0.3) is 0 Å². The van der Waals surface area contributed by atoms with Crippen molar-refractivity contribution in [3.63, 3.8) is 0 Å². The molecule has 0 radical (unpaired) electrons. The molecule has 1 aromatic heterocycles. The second-order valence-electron chi connectivity index (χ2n) is 3.99. The van der Waals surface area contributed by atoms with Gasteiger partial charge in [0.15, 0.2) is 0 Å². The zero-order valence-corrected chi connectivity index (χ0v) is 9.55. The van der Waals surface area contributed by atoms with Crippen molar-refractivity contribution in [3.8, 4) is 0 Å². The van der Waals surface area contributed by atoms with Crippen molar-refractivity contribution in [1.29, 1.82) is 0 Å². The van der Waals surface area contributed by atoms with Crippen molar-refractivity contribution in [2.45, 2.75) is 19.4 Å². The summed E-state index contributed by atoms with van der Waals surface area (Å²) in [7, 11) is 1.95. The van der Waals surface area contributed by atoms with Gasteiger partial charge in [0.1, 0.15) is 0 Å². The number of thioether (sulfide) groups is 1. The van der Waals surface area contributed by atoms with Crippen LogP contribution in [0, 0.1) is 12.8 Å². The Balaban J connectivity index is 2.17. The van der Waals surface area contributed by atoms with Crippen LogP contribution in [0.2, 0.25) is 0 Å². The average Bonchev–Trinajstić information content (AvgIpc) is 2.73. The zero-order chi connectivity index (χ0) is 10.1. The lowest BCUT2D eigenvalue weighted by Crippen LogP contribution is -2.21. The van der Waals surface area contributed by atoms with Gasteiger partial charge < -0.3 is 5.73 Å². The highest BCUT2D eigenvalue weighted by Crippen LogP contribution is 2.33. The predicted molar refractivity (Wildman–Crippen MR) is 60.3 cm³/mol. The van der Waals surface area contributed by atoms with Crippen molar-refractivity contribution < 1.29 is 0 Å². The third kappa shape index (κ3) is 1.81. The maximum atomic E-state index is 6.25. The molecule has 1 aliphatic heterocycles. The Bertz CT molecular complexity index is 315. The van der Waals surface area contributed by atoms with Crippen LogP contribution in [0.15, 0.2) is 6.20 Å². The molecule has 2 heterocycles. The fourth-order valence-corrected chi connectivity index (χ4v) is 3.35. The smallest absolute Gasteiger partial charge is 0.0641 e. The lowest BCUT2D eigenvalue weighted by atomic mass is 9.94. The van der Waals surface area contributed by atoms with Crippen LogP contribution >= 0.6 is 11.8 Å². The normalized spacial score (nSPS) is 24.1. The average molecular weight is 211 g/mol. The highest BCUT2D eigenvalue weighted by Gasteiger charge is 2.25. The molecule has 4 heteroatoms. The van der Waals surface area contributed by atoms with Crippen LogP contribution in [-0.2, 0) is 7.05 Å². The number of nitrogens with two attached hydrogens (primary N) is 1. The highest BCUT2D eigenvalue weighted by atomic mass is 32.2. The number of aromatic nitrogens is 2. The van der Waals surface area contributed by atoms with E-state index in [1.54, 1.807) is 0 Å². The summed E-state index contributed by atoms with van der Waals surface area (Å²) in [5.41, 5.74) is 8.55. The predicted octanol–water partition coefficient (Wildman–Crippen LogP) is 1.48. The third-order valence-corrected chi connectivity index (χ3v) is 4.07. The molecule has 2 unspecified atom stereocenters. The minimum absolute atomic E-state index is 0.179. The van der Waals surface area contributed by atoms with Crippen molar-refractivity contribution >= 4 is 11.8 Å². The van der Waals surface area contributed by atoms with E-state index in [1.807, 2.05) is 30.4 Å². The molecule has 2 atom stereocenters. The number of nitrogens with zero attached hydrogens (tertiary/aromatic N) is 2. The number of hydrogen-bond donors (Lipinski definition) is 1. The van der Waals surface area contributed by atoms with Gasteiger partial charge >= 0.3 is 0 Å². The molecule has 0 spiro atoms. The molecule has 0 bridgehead atoms. The molecule has 1 fully saturated rings. The summed E-state index contributed by atoms with van der Waals surface area (Å²) >= 11 is 2.01. The molecular formula is C10H17N3S.